The lowest BCUT2D eigenvalue weighted by molar-refractivity contribution is -0.132. The molecular formula is C27H32N4O6. The van der Waals surface area contributed by atoms with Crippen LogP contribution in [0.3, 0.4) is 0 Å². The van der Waals surface area contributed by atoms with Crippen LogP contribution >= 0.6 is 0 Å². The summed E-state index contributed by atoms with van der Waals surface area (Å²) in [7, 11) is 6.39. The normalized spacial score (nSPS) is 34.4. The molecule has 7 rings (SSSR count). The van der Waals surface area contributed by atoms with Gasteiger partial charge in [-0.25, -0.2) is 9.59 Å². The highest BCUT2D eigenvalue weighted by atomic mass is 16.6. The molecule has 1 saturated carbocycles. The number of piperidine rings is 2. The van der Waals surface area contributed by atoms with Crippen molar-refractivity contribution in [1.82, 2.24) is 14.7 Å². The fraction of sp³-hybridized carbons (Fsp3) is 0.593. The highest BCUT2D eigenvalue weighted by molar-refractivity contribution is 6.00. The molecule has 2 bridgehead atoms. The molecule has 0 aromatic heterocycles. The monoisotopic (exact) mass is 508 g/mol. The van der Waals surface area contributed by atoms with Gasteiger partial charge in [-0.3, -0.25) is 9.69 Å². The molecule has 3 amide bonds. The van der Waals surface area contributed by atoms with Crippen LogP contribution in [0, 0.1) is 11.8 Å². The van der Waals surface area contributed by atoms with Crippen LogP contribution in [0.5, 0.6) is 11.5 Å². The lowest BCUT2D eigenvalue weighted by atomic mass is 9.53. The van der Waals surface area contributed by atoms with E-state index in [2.05, 4.69) is 11.0 Å². The predicted octanol–water partition coefficient (Wildman–Crippen LogP) is 2.21. The summed E-state index contributed by atoms with van der Waals surface area (Å²) < 4.78 is 17.7. The second-order valence-corrected chi connectivity index (χ2v) is 11.6. The minimum Gasteiger partial charge on any atom is -0.406 e. The molecule has 3 saturated heterocycles. The number of nitrogens with zero attached hydrogens (tertiary/aromatic N) is 4. The SMILES string of the molecule is CN(C)C(=O)Oc1cc2c(cc1OC(=O)N(C)C)[C@@]13CCN4CC5=CCO[C@H]6CC(=O)N2[C@H]1C6[C@H]5C[C@H]43. The number of fused-ring (bicyclic) bond motifs is 2. The zero-order valence-electron chi connectivity index (χ0n) is 21.6. The maximum absolute atomic E-state index is 13.8. The van der Waals surface area contributed by atoms with Gasteiger partial charge in [0.15, 0.2) is 11.5 Å². The van der Waals surface area contributed by atoms with Gasteiger partial charge in [0, 0.05) is 58.2 Å². The first kappa shape index (κ1) is 23.0. The summed E-state index contributed by atoms with van der Waals surface area (Å²) in [5, 5.41) is 0. The molecule has 1 aromatic carbocycles. The van der Waals surface area contributed by atoms with Crippen molar-refractivity contribution in [2.75, 3.05) is 52.8 Å². The van der Waals surface area contributed by atoms with Crippen molar-refractivity contribution in [1.29, 1.82) is 0 Å². The van der Waals surface area contributed by atoms with E-state index < -0.39 is 12.2 Å². The Labute approximate surface area is 215 Å². The molecule has 196 valence electrons. The smallest absolute Gasteiger partial charge is 0.406 e. The van der Waals surface area contributed by atoms with E-state index in [0.29, 0.717) is 18.9 Å². The molecule has 1 unspecified atom stereocenters. The first-order valence-corrected chi connectivity index (χ1v) is 13.0. The number of amides is 3. The molecule has 5 aliphatic heterocycles. The van der Waals surface area contributed by atoms with Crippen LogP contribution in [0.15, 0.2) is 23.8 Å². The topological polar surface area (TPSA) is 91.9 Å². The van der Waals surface area contributed by atoms with Crippen LogP contribution in [-0.2, 0) is 14.9 Å². The van der Waals surface area contributed by atoms with Crippen LogP contribution in [-0.4, -0.2) is 98.9 Å². The molecular weight excluding hydrogens is 476 g/mol. The van der Waals surface area contributed by atoms with Gasteiger partial charge >= 0.3 is 12.2 Å². The van der Waals surface area contributed by atoms with E-state index in [9.17, 15) is 14.4 Å². The van der Waals surface area contributed by atoms with Gasteiger partial charge in [-0.05, 0) is 36.9 Å². The number of hydrogen-bond acceptors (Lipinski definition) is 7. The molecule has 1 spiro atoms. The Bertz CT molecular complexity index is 1260. The van der Waals surface area contributed by atoms with Gasteiger partial charge in [-0.1, -0.05) is 11.6 Å². The van der Waals surface area contributed by atoms with Gasteiger partial charge < -0.3 is 28.9 Å². The van der Waals surface area contributed by atoms with Gasteiger partial charge in [-0.2, -0.15) is 0 Å². The van der Waals surface area contributed by atoms with Crippen molar-refractivity contribution in [2.24, 2.45) is 11.8 Å². The fourth-order valence-corrected chi connectivity index (χ4v) is 8.08. The van der Waals surface area contributed by atoms with Gasteiger partial charge in [0.1, 0.15) is 0 Å². The third-order valence-electron chi connectivity index (χ3n) is 9.50. The molecule has 10 heteroatoms. The average molecular weight is 509 g/mol. The summed E-state index contributed by atoms with van der Waals surface area (Å²) in [6.07, 6.45) is 3.29. The fourth-order valence-electron chi connectivity index (χ4n) is 8.08. The van der Waals surface area contributed by atoms with E-state index in [4.69, 9.17) is 14.2 Å². The maximum atomic E-state index is 13.8. The number of carbonyl (C=O) groups is 3. The predicted molar refractivity (Wildman–Crippen MR) is 133 cm³/mol. The van der Waals surface area contributed by atoms with Crippen molar-refractivity contribution >= 4 is 23.8 Å². The zero-order chi connectivity index (χ0) is 25.8. The Morgan fingerprint density at radius 2 is 1.78 bits per heavy atom. The third-order valence-corrected chi connectivity index (χ3v) is 9.50. The molecule has 6 aliphatic rings. The Balaban J connectivity index is 1.43. The summed E-state index contributed by atoms with van der Waals surface area (Å²) in [5.41, 5.74) is 2.95. The van der Waals surface area contributed by atoms with Crippen molar-refractivity contribution in [3.05, 3.63) is 29.3 Å². The zero-order valence-corrected chi connectivity index (χ0v) is 21.6. The average Bonchev–Trinajstić information content (AvgIpc) is 3.31. The lowest BCUT2D eigenvalue weighted by Crippen LogP contribution is -2.69. The van der Waals surface area contributed by atoms with E-state index in [1.165, 1.54) is 15.4 Å². The first-order valence-electron chi connectivity index (χ1n) is 13.0. The van der Waals surface area contributed by atoms with E-state index in [1.54, 1.807) is 34.3 Å². The van der Waals surface area contributed by atoms with E-state index in [-0.39, 0.29) is 46.9 Å². The van der Waals surface area contributed by atoms with E-state index in [0.717, 1.165) is 37.2 Å². The molecule has 4 fully saturated rings. The largest absolute Gasteiger partial charge is 0.414 e. The van der Waals surface area contributed by atoms with Crippen LogP contribution in [0.1, 0.15) is 24.8 Å². The number of ether oxygens (including phenoxy) is 3. The molecule has 10 nitrogen and oxygen atoms in total. The Hall–Kier alpha value is -3.11. The van der Waals surface area contributed by atoms with Crippen LogP contribution in [0.4, 0.5) is 15.3 Å². The van der Waals surface area contributed by atoms with E-state index >= 15 is 0 Å². The number of anilines is 1. The summed E-state index contributed by atoms with van der Waals surface area (Å²) >= 11 is 0. The lowest BCUT2D eigenvalue weighted by Gasteiger charge is -2.58. The molecule has 1 aromatic rings. The minimum absolute atomic E-state index is 0.0363. The van der Waals surface area contributed by atoms with Crippen LogP contribution in [0.25, 0.3) is 0 Å². The number of hydrogen-bond donors (Lipinski definition) is 0. The number of carbonyl (C=O) groups excluding carboxylic acids is 3. The van der Waals surface area contributed by atoms with Gasteiger partial charge in [0.2, 0.25) is 5.91 Å². The number of benzene rings is 1. The number of rotatable bonds is 2. The summed E-state index contributed by atoms with van der Waals surface area (Å²) in [5.74, 6) is 0.963. The Morgan fingerprint density at radius 3 is 2.49 bits per heavy atom. The quantitative estimate of drug-likeness (QED) is 0.566. The van der Waals surface area contributed by atoms with Gasteiger partial charge in [0.25, 0.3) is 0 Å². The molecule has 37 heavy (non-hydrogen) atoms. The third kappa shape index (κ3) is 2.96. The first-order chi connectivity index (χ1) is 17.7. The molecule has 5 heterocycles. The summed E-state index contributed by atoms with van der Waals surface area (Å²) in [4.78, 5) is 46.1. The van der Waals surface area contributed by atoms with Crippen molar-refractivity contribution in [3.63, 3.8) is 0 Å². The Morgan fingerprint density at radius 1 is 1.08 bits per heavy atom. The van der Waals surface area contributed by atoms with Gasteiger partial charge in [-0.15, -0.1) is 0 Å². The van der Waals surface area contributed by atoms with Crippen molar-refractivity contribution < 1.29 is 28.6 Å². The van der Waals surface area contributed by atoms with Crippen LogP contribution in [0.2, 0.25) is 0 Å². The highest BCUT2D eigenvalue weighted by Crippen LogP contribution is 2.66. The molecule has 0 radical (unpaired) electrons. The standard InChI is InChI=1S/C27H32N4O6/c1-28(2)25(33)36-18-10-16-17(11-19(18)37-26(34)29(3)4)31-22(32)12-20-23-15-9-21-27(16,24(23)31)6-7-30(21)13-14(15)5-8-35-20/h5,10-11,15,20-21,23-24H,6-9,12-13H2,1-4H3/t15-,20-,21-,23?,24-,27+/m0/s1. The molecule has 6 atom stereocenters. The summed E-state index contributed by atoms with van der Waals surface area (Å²) in [6, 6.07) is 3.85. The molecule has 1 aliphatic carbocycles. The van der Waals surface area contributed by atoms with Gasteiger partial charge in [0.05, 0.1) is 30.9 Å². The maximum Gasteiger partial charge on any atom is 0.414 e. The Kier molecular flexibility index (Phi) is 4.80. The summed E-state index contributed by atoms with van der Waals surface area (Å²) in [6.45, 7) is 2.45. The second kappa shape index (κ2) is 7.70. The molecule has 0 N–H and O–H groups in total. The van der Waals surface area contributed by atoms with Crippen LogP contribution < -0.4 is 14.4 Å². The van der Waals surface area contributed by atoms with E-state index in [1.807, 2.05) is 11.0 Å². The highest BCUT2D eigenvalue weighted by Gasteiger charge is 2.71. The minimum atomic E-state index is -0.587. The second-order valence-electron chi connectivity index (χ2n) is 11.6. The van der Waals surface area contributed by atoms with Crippen molar-refractivity contribution in [3.8, 4) is 11.5 Å². The van der Waals surface area contributed by atoms with Crippen molar-refractivity contribution in [2.45, 2.75) is 42.9 Å².